The lowest BCUT2D eigenvalue weighted by Gasteiger charge is -2.15. The Labute approximate surface area is 151 Å². The summed E-state index contributed by atoms with van der Waals surface area (Å²) in [7, 11) is 3.76. The van der Waals surface area contributed by atoms with Gasteiger partial charge in [0, 0.05) is 32.8 Å². The van der Waals surface area contributed by atoms with Crippen molar-refractivity contribution in [2.45, 2.75) is 20.8 Å². The van der Waals surface area contributed by atoms with Crippen LogP contribution < -0.4 is 10.2 Å². The number of nitro groups is 1. The van der Waals surface area contributed by atoms with Gasteiger partial charge in [-0.25, -0.2) is 0 Å². The Hall–Kier alpha value is -3.29. The number of amides is 1. The zero-order valence-electron chi connectivity index (χ0n) is 15.4. The summed E-state index contributed by atoms with van der Waals surface area (Å²) in [5.74, 6) is -0.241. The molecule has 0 radical (unpaired) electrons. The highest BCUT2D eigenvalue weighted by Gasteiger charge is 2.17. The fraction of sp³-hybridized carbons (Fsp3) is 0.278. The van der Waals surface area contributed by atoms with Crippen LogP contribution in [0.1, 0.15) is 18.1 Å². The van der Waals surface area contributed by atoms with Crippen LogP contribution >= 0.6 is 0 Å². The van der Waals surface area contributed by atoms with Crippen LogP contribution in [0.2, 0.25) is 0 Å². The van der Waals surface area contributed by atoms with Gasteiger partial charge in [0.15, 0.2) is 5.69 Å². The normalized spacial score (nSPS) is 10.8. The van der Waals surface area contributed by atoms with E-state index in [-0.39, 0.29) is 17.3 Å². The molecule has 0 unspecified atom stereocenters. The van der Waals surface area contributed by atoms with Crippen LogP contribution in [-0.2, 0) is 4.79 Å². The molecule has 0 saturated heterocycles. The lowest BCUT2D eigenvalue weighted by Crippen LogP contribution is -2.10. The summed E-state index contributed by atoms with van der Waals surface area (Å²) in [4.78, 5) is 24.2. The maximum absolute atomic E-state index is 11.5. The van der Waals surface area contributed by atoms with E-state index in [1.807, 2.05) is 31.1 Å². The van der Waals surface area contributed by atoms with Crippen LogP contribution in [0.25, 0.3) is 0 Å². The molecular weight excluding hydrogens is 334 g/mol. The van der Waals surface area contributed by atoms with Crippen molar-refractivity contribution < 1.29 is 9.72 Å². The number of rotatable bonds is 5. The van der Waals surface area contributed by atoms with Crippen molar-refractivity contribution in [2.75, 3.05) is 24.3 Å². The third kappa shape index (κ3) is 4.41. The minimum Gasteiger partial charge on any atom is -0.378 e. The molecule has 8 heteroatoms. The van der Waals surface area contributed by atoms with Gasteiger partial charge in [0.25, 0.3) is 5.69 Å². The average Bonchev–Trinajstić information content (AvgIpc) is 2.53. The first-order chi connectivity index (χ1) is 12.2. The SMILES string of the molecule is CC(=O)Nc1cc(N(C)C)ccc1N=Nc1c(C)cc(C)cc1[N+](=O)[O-]. The van der Waals surface area contributed by atoms with Gasteiger partial charge in [0.05, 0.1) is 10.6 Å². The molecule has 2 aromatic rings. The summed E-state index contributed by atoms with van der Waals surface area (Å²) in [6, 6.07) is 8.58. The molecule has 1 amide bonds. The lowest BCUT2D eigenvalue weighted by molar-refractivity contribution is -0.384. The van der Waals surface area contributed by atoms with Crippen molar-refractivity contribution in [1.82, 2.24) is 0 Å². The molecule has 0 aliphatic heterocycles. The summed E-state index contributed by atoms with van der Waals surface area (Å²) >= 11 is 0. The van der Waals surface area contributed by atoms with E-state index >= 15 is 0 Å². The number of benzene rings is 2. The van der Waals surface area contributed by atoms with E-state index in [2.05, 4.69) is 15.5 Å². The van der Waals surface area contributed by atoms with Gasteiger partial charge in [0.2, 0.25) is 5.91 Å². The molecule has 0 aromatic heterocycles. The zero-order valence-corrected chi connectivity index (χ0v) is 15.4. The van der Waals surface area contributed by atoms with E-state index in [1.165, 1.54) is 13.0 Å². The molecule has 2 rings (SSSR count). The third-order valence-electron chi connectivity index (χ3n) is 3.69. The third-order valence-corrected chi connectivity index (χ3v) is 3.69. The van der Waals surface area contributed by atoms with Crippen LogP contribution in [-0.4, -0.2) is 24.9 Å². The maximum atomic E-state index is 11.5. The Morgan fingerprint density at radius 1 is 1.15 bits per heavy atom. The molecule has 0 fully saturated rings. The highest BCUT2D eigenvalue weighted by Crippen LogP contribution is 2.36. The van der Waals surface area contributed by atoms with Crippen molar-refractivity contribution >= 4 is 34.3 Å². The maximum Gasteiger partial charge on any atom is 0.297 e. The van der Waals surface area contributed by atoms with Gasteiger partial charge >= 0.3 is 0 Å². The first-order valence-corrected chi connectivity index (χ1v) is 7.95. The molecular formula is C18H21N5O3. The van der Waals surface area contributed by atoms with Gasteiger partial charge < -0.3 is 10.2 Å². The molecule has 8 nitrogen and oxygen atoms in total. The highest BCUT2D eigenvalue weighted by atomic mass is 16.6. The Bertz CT molecular complexity index is 891. The predicted octanol–water partition coefficient (Wildman–Crippen LogP) is 4.65. The van der Waals surface area contributed by atoms with E-state index in [0.29, 0.717) is 16.9 Å². The molecule has 0 aliphatic carbocycles. The van der Waals surface area contributed by atoms with Crippen molar-refractivity contribution in [1.29, 1.82) is 0 Å². The zero-order chi connectivity index (χ0) is 19.4. The van der Waals surface area contributed by atoms with Gasteiger partial charge in [-0.2, -0.15) is 0 Å². The second kappa shape index (κ2) is 7.73. The molecule has 136 valence electrons. The number of carbonyl (C=O) groups is 1. The van der Waals surface area contributed by atoms with E-state index in [0.717, 1.165) is 11.3 Å². The van der Waals surface area contributed by atoms with E-state index < -0.39 is 4.92 Å². The minimum atomic E-state index is -0.474. The molecule has 2 aromatic carbocycles. The van der Waals surface area contributed by atoms with Gasteiger partial charge in [-0.15, -0.1) is 10.2 Å². The Kier molecular flexibility index (Phi) is 5.66. The number of nitro benzene ring substituents is 1. The molecule has 0 atom stereocenters. The number of azo groups is 1. The molecule has 0 heterocycles. The van der Waals surface area contributed by atoms with Crippen LogP contribution in [0.15, 0.2) is 40.6 Å². The molecule has 0 spiro atoms. The van der Waals surface area contributed by atoms with Gasteiger partial charge in [-0.3, -0.25) is 14.9 Å². The fourth-order valence-electron chi connectivity index (χ4n) is 2.49. The Balaban J connectivity index is 2.51. The van der Waals surface area contributed by atoms with Crippen LogP contribution in [0.3, 0.4) is 0 Å². The van der Waals surface area contributed by atoms with Gasteiger partial charge in [-0.1, -0.05) is 6.07 Å². The number of nitrogens with zero attached hydrogens (tertiary/aromatic N) is 4. The number of nitrogens with one attached hydrogen (secondary N) is 1. The van der Waals surface area contributed by atoms with Crippen molar-refractivity contribution in [3.8, 4) is 0 Å². The van der Waals surface area contributed by atoms with Crippen LogP contribution in [0.5, 0.6) is 0 Å². The van der Waals surface area contributed by atoms with Crippen molar-refractivity contribution in [2.24, 2.45) is 10.2 Å². The Morgan fingerprint density at radius 2 is 1.85 bits per heavy atom. The highest BCUT2D eigenvalue weighted by molar-refractivity contribution is 5.93. The van der Waals surface area contributed by atoms with E-state index in [9.17, 15) is 14.9 Å². The first kappa shape index (κ1) is 19.0. The summed E-state index contributed by atoms with van der Waals surface area (Å²) < 4.78 is 0. The monoisotopic (exact) mass is 355 g/mol. The number of anilines is 2. The van der Waals surface area contributed by atoms with Crippen molar-refractivity contribution in [3.63, 3.8) is 0 Å². The quantitative estimate of drug-likeness (QED) is 0.479. The predicted molar refractivity (Wildman–Crippen MR) is 102 cm³/mol. The summed E-state index contributed by atoms with van der Waals surface area (Å²) in [5, 5.41) is 22.3. The minimum absolute atomic E-state index is 0.0998. The Morgan fingerprint density at radius 3 is 2.42 bits per heavy atom. The molecule has 1 N–H and O–H groups in total. The van der Waals surface area contributed by atoms with E-state index in [1.54, 1.807) is 26.0 Å². The summed E-state index contributed by atoms with van der Waals surface area (Å²) in [6.07, 6.45) is 0. The lowest BCUT2D eigenvalue weighted by atomic mass is 10.1. The van der Waals surface area contributed by atoms with Crippen LogP contribution in [0.4, 0.5) is 28.4 Å². The van der Waals surface area contributed by atoms with Crippen LogP contribution in [0, 0.1) is 24.0 Å². The number of hydrogen-bond acceptors (Lipinski definition) is 6. The average molecular weight is 355 g/mol. The number of hydrogen-bond donors (Lipinski definition) is 1. The molecule has 0 saturated carbocycles. The van der Waals surface area contributed by atoms with Gasteiger partial charge in [-0.05, 0) is 43.2 Å². The summed E-state index contributed by atoms with van der Waals surface area (Å²) in [5.41, 5.74) is 3.32. The number of carbonyl (C=O) groups excluding carboxylic acids is 1. The smallest absolute Gasteiger partial charge is 0.297 e. The first-order valence-electron chi connectivity index (χ1n) is 7.95. The summed E-state index contributed by atoms with van der Waals surface area (Å²) in [6.45, 7) is 4.94. The molecule has 26 heavy (non-hydrogen) atoms. The second-order valence-corrected chi connectivity index (χ2v) is 6.18. The van der Waals surface area contributed by atoms with Crippen molar-refractivity contribution in [3.05, 3.63) is 51.6 Å². The fourth-order valence-corrected chi connectivity index (χ4v) is 2.49. The largest absolute Gasteiger partial charge is 0.378 e. The van der Waals surface area contributed by atoms with Gasteiger partial charge in [0.1, 0.15) is 5.69 Å². The number of aryl methyl sites for hydroxylation is 2. The standard InChI is InChI=1S/C18H21N5O3/c1-11-8-12(2)18(17(9-11)23(25)26)21-20-15-7-6-14(22(4)5)10-16(15)19-13(3)24/h6-10H,1-5H3,(H,19,24). The molecule has 0 aliphatic rings. The van der Waals surface area contributed by atoms with E-state index in [4.69, 9.17) is 0 Å². The molecule has 0 bridgehead atoms. The topological polar surface area (TPSA) is 100 Å². The second-order valence-electron chi connectivity index (χ2n) is 6.18.